The van der Waals surface area contributed by atoms with Crippen molar-refractivity contribution in [3.05, 3.63) is 0 Å². The van der Waals surface area contributed by atoms with Crippen molar-refractivity contribution in [3.8, 4) is 0 Å². The van der Waals surface area contributed by atoms with Gasteiger partial charge in [-0.15, -0.1) is 0 Å². The minimum atomic E-state index is -1.31. The van der Waals surface area contributed by atoms with Crippen LogP contribution in [0.1, 0.15) is 12.8 Å². The van der Waals surface area contributed by atoms with Crippen molar-refractivity contribution in [1.29, 1.82) is 0 Å². The normalized spacial score (nSPS) is 28.7. The van der Waals surface area contributed by atoms with Gasteiger partial charge in [0.25, 0.3) is 0 Å². The molecule has 7 heteroatoms. The molecule has 2 aliphatic rings. The molecule has 6 nitrogen and oxygen atoms in total. The molecule has 0 aliphatic carbocycles. The summed E-state index contributed by atoms with van der Waals surface area (Å²) in [4.78, 5) is 13.6. The number of nitrogens with one attached hydrogen (secondary N) is 2. The van der Waals surface area contributed by atoms with E-state index < -0.39 is 7.12 Å². The molecule has 0 radical (unpaired) electrons. The van der Waals surface area contributed by atoms with Crippen LogP contribution in [-0.4, -0.2) is 66.7 Å². The van der Waals surface area contributed by atoms with Crippen LogP contribution in [0.25, 0.3) is 0 Å². The topological polar surface area (TPSA) is 84.8 Å². The monoisotopic (exact) mass is 241 g/mol. The molecule has 2 rings (SSSR count). The predicted octanol–water partition coefficient (Wildman–Crippen LogP) is -1.99. The Bertz CT molecular complexity index is 272. The van der Waals surface area contributed by atoms with E-state index in [-0.39, 0.29) is 11.7 Å². The van der Waals surface area contributed by atoms with Gasteiger partial charge in [0, 0.05) is 31.5 Å². The highest BCUT2D eigenvalue weighted by molar-refractivity contribution is 6.43. The van der Waals surface area contributed by atoms with E-state index in [0.29, 0.717) is 32.1 Å². The maximum Gasteiger partial charge on any atom is 0.456 e. The lowest BCUT2D eigenvalue weighted by Crippen LogP contribution is -2.41. The Hall–Kier alpha value is -0.625. The van der Waals surface area contributed by atoms with E-state index in [4.69, 9.17) is 10.0 Å². The van der Waals surface area contributed by atoms with Crippen molar-refractivity contribution < 1.29 is 14.8 Å². The number of carbonyl (C=O) groups is 1. The van der Waals surface area contributed by atoms with E-state index >= 15 is 0 Å². The zero-order valence-corrected chi connectivity index (χ0v) is 9.93. The second kappa shape index (κ2) is 5.81. The van der Waals surface area contributed by atoms with Crippen LogP contribution in [0.15, 0.2) is 0 Å². The minimum Gasteiger partial charge on any atom is -0.427 e. The molecule has 4 N–H and O–H groups in total. The van der Waals surface area contributed by atoms with Gasteiger partial charge in [0.1, 0.15) is 0 Å². The summed E-state index contributed by atoms with van der Waals surface area (Å²) in [6.45, 7) is 3.37. The molecule has 1 amide bonds. The third kappa shape index (κ3) is 3.42. The van der Waals surface area contributed by atoms with Gasteiger partial charge in [-0.3, -0.25) is 4.79 Å². The molecular formula is C10H20BN3O3. The first kappa shape index (κ1) is 12.8. The van der Waals surface area contributed by atoms with Crippen LogP contribution in [0.5, 0.6) is 0 Å². The van der Waals surface area contributed by atoms with Gasteiger partial charge >= 0.3 is 7.12 Å². The predicted molar refractivity (Wildman–Crippen MR) is 64.4 cm³/mol. The van der Waals surface area contributed by atoms with Gasteiger partial charge in [-0.25, -0.2) is 0 Å². The first-order valence-electron chi connectivity index (χ1n) is 6.25. The molecule has 2 heterocycles. The highest BCUT2D eigenvalue weighted by Gasteiger charge is 2.33. The van der Waals surface area contributed by atoms with Crippen molar-refractivity contribution in [2.45, 2.75) is 24.7 Å². The standard InChI is InChI=1S/C10H20BN3O3/c15-10(6-13-9-1-3-12-5-9)14-4-2-8(7-14)11(16)17/h8-9,12-13,16-17H,1-7H2/t8?,9-/m1/s1. The average Bonchev–Trinajstić information content (AvgIpc) is 2.96. The van der Waals surface area contributed by atoms with Gasteiger partial charge in [0.2, 0.25) is 5.91 Å². The van der Waals surface area contributed by atoms with Gasteiger partial charge in [0.05, 0.1) is 6.54 Å². The van der Waals surface area contributed by atoms with Crippen LogP contribution in [0.3, 0.4) is 0 Å². The smallest absolute Gasteiger partial charge is 0.427 e. The lowest BCUT2D eigenvalue weighted by atomic mass is 9.72. The molecule has 0 saturated carbocycles. The molecule has 1 unspecified atom stereocenters. The van der Waals surface area contributed by atoms with Crippen molar-refractivity contribution in [2.24, 2.45) is 0 Å². The van der Waals surface area contributed by atoms with Crippen LogP contribution >= 0.6 is 0 Å². The molecule has 2 aliphatic heterocycles. The molecule has 2 atom stereocenters. The van der Waals surface area contributed by atoms with E-state index in [1.165, 1.54) is 0 Å². The summed E-state index contributed by atoms with van der Waals surface area (Å²) >= 11 is 0. The van der Waals surface area contributed by atoms with Crippen LogP contribution in [0.4, 0.5) is 0 Å². The van der Waals surface area contributed by atoms with Crippen molar-refractivity contribution in [1.82, 2.24) is 15.5 Å². The first-order chi connectivity index (χ1) is 8.16. The highest BCUT2D eigenvalue weighted by atomic mass is 16.4. The lowest BCUT2D eigenvalue weighted by Gasteiger charge is -2.18. The van der Waals surface area contributed by atoms with Gasteiger partial charge in [-0.1, -0.05) is 0 Å². The quantitative estimate of drug-likeness (QED) is 0.428. The third-order valence-corrected chi connectivity index (χ3v) is 3.60. The fourth-order valence-electron chi connectivity index (χ4n) is 2.43. The number of carbonyl (C=O) groups excluding carboxylic acids is 1. The maximum atomic E-state index is 11.8. The molecule has 0 bridgehead atoms. The van der Waals surface area contributed by atoms with E-state index in [0.717, 1.165) is 19.5 Å². The number of hydrogen-bond donors (Lipinski definition) is 4. The summed E-state index contributed by atoms with van der Waals surface area (Å²) in [6.07, 6.45) is 1.74. The Balaban J connectivity index is 1.69. The molecule has 0 aromatic rings. The van der Waals surface area contributed by atoms with Gasteiger partial charge in [0.15, 0.2) is 0 Å². The summed E-state index contributed by atoms with van der Waals surface area (Å²) in [5, 5.41) is 24.6. The molecule has 96 valence electrons. The van der Waals surface area contributed by atoms with Crippen molar-refractivity contribution >= 4 is 13.0 Å². The molecular weight excluding hydrogens is 221 g/mol. The lowest BCUT2D eigenvalue weighted by molar-refractivity contribution is -0.129. The Kier molecular flexibility index (Phi) is 4.39. The first-order valence-corrected chi connectivity index (χ1v) is 6.25. The van der Waals surface area contributed by atoms with Crippen LogP contribution in [-0.2, 0) is 4.79 Å². The molecule has 2 saturated heterocycles. The molecule has 17 heavy (non-hydrogen) atoms. The average molecular weight is 241 g/mol. The summed E-state index contributed by atoms with van der Waals surface area (Å²) in [7, 11) is -1.31. The highest BCUT2D eigenvalue weighted by Crippen LogP contribution is 2.22. The maximum absolute atomic E-state index is 11.8. The number of rotatable bonds is 4. The van der Waals surface area contributed by atoms with E-state index in [1.54, 1.807) is 4.90 Å². The molecule has 0 aromatic carbocycles. The minimum absolute atomic E-state index is 0.0556. The van der Waals surface area contributed by atoms with Crippen LogP contribution < -0.4 is 10.6 Å². The van der Waals surface area contributed by atoms with Crippen LogP contribution in [0, 0.1) is 0 Å². The summed E-state index contributed by atoms with van der Waals surface area (Å²) < 4.78 is 0. The SMILES string of the molecule is O=C(CN[C@@H]1CCNC1)N1CCC(B(O)O)C1. The van der Waals surface area contributed by atoms with E-state index in [1.807, 2.05) is 0 Å². The summed E-state index contributed by atoms with van der Waals surface area (Å²) in [5.41, 5.74) is 0. The van der Waals surface area contributed by atoms with Crippen molar-refractivity contribution in [3.63, 3.8) is 0 Å². The van der Waals surface area contributed by atoms with Gasteiger partial charge < -0.3 is 25.6 Å². The van der Waals surface area contributed by atoms with Gasteiger partial charge in [-0.05, 0) is 19.4 Å². The second-order valence-electron chi connectivity index (χ2n) is 4.87. The van der Waals surface area contributed by atoms with E-state index in [2.05, 4.69) is 10.6 Å². The summed E-state index contributed by atoms with van der Waals surface area (Å²) in [6, 6.07) is 0.390. The second-order valence-corrected chi connectivity index (χ2v) is 4.87. The van der Waals surface area contributed by atoms with Gasteiger partial charge in [-0.2, -0.15) is 0 Å². The Morgan fingerprint density at radius 2 is 2.29 bits per heavy atom. The fourth-order valence-corrected chi connectivity index (χ4v) is 2.43. The number of hydrogen-bond acceptors (Lipinski definition) is 5. The molecule has 0 aromatic heterocycles. The largest absolute Gasteiger partial charge is 0.456 e. The molecule has 2 fully saturated rings. The zero-order valence-electron chi connectivity index (χ0n) is 9.93. The van der Waals surface area contributed by atoms with Crippen LogP contribution in [0.2, 0.25) is 5.82 Å². The zero-order chi connectivity index (χ0) is 12.3. The fraction of sp³-hybridized carbons (Fsp3) is 0.900. The number of amides is 1. The summed E-state index contributed by atoms with van der Waals surface area (Å²) in [5.74, 6) is -0.132. The number of likely N-dealkylation sites (tertiary alicyclic amines) is 1. The Labute approximate surface area is 102 Å². The van der Waals surface area contributed by atoms with E-state index in [9.17, 15) is 4.79 Å². The van der Waals surface area contributed by atoms with Crippen molar-refractivity contribution in [2.75, 3.05) is 32.7 Å². The molecule has 0 spiro atoms. The Morgan fingerprint density at radius 1 is 1.47 bits per heavy atom. The Morgan fingerprint density at radius 3 is 2.88 bits per heavy atom. The third-order valence-electron chi connectivity index (χ3n) is 3.60. The number of nitrogens with zero attached hydrogens (tertiary/aromatic N) is 1.